The number of hydrogen-bond donors (Lipinski definition) is 2. The smallest absolute Gasteiger partial charge is 0.292 e. The van der Waals surface area contributed by atoms with Gasteiger partial charge in [-0.05, 0) is 26.0 Å². The molecule has 17 heavy (non-hydrogen) atoms. The lowest BCUT2D eigenvalue weighted by Gasteiger charge is -2.23. The molecule has 7 heteroatoms. The molecular weight excluding hydrogens is 246 g/mol. The summed E-state index contributed by atoms with van der Waals surface area (Å²) in [5.74, 6) is -0.619. The average molecular weight is 258 g/mol. The van der Waals surface area contributed by atoms with Gasteiger partial charge in [-0.3, -0.25) is 14.9 Å². The van der Waals surface area contributed by atoms with Crippen LogP contribution in [0.3, 0.4) is 0 Å². The summed E-state index contributed by atoms with van der Waals surface area (Å²) in [4.78, 5) is 21.4. The molecule has 0 unspecified atom stereocenters. The van der Waals surface area contributed by atoms with Crippen LogP contribution in [0, 0.1) is 10.1 Å². The lowest BCUT2D eigenvalue weighted by molar-refractivity contribution is -0.384. The van der Waals surface area contributed by atoms with Gasteiger partial charge in [-0.25, -0.2) is 0 Å². The first-order valence-corrected chi connectivity index (χ1v) is 5.14. The molecular formula is C10H12ClN3O3. The van der Waals surface area contributed by atoms with Crippen molar-refractivity contribution >= 4 is 28.9 Å². The number of benzene rings is 1. The van der Waals surface area contributed by atoms with Gasteiger partial charge in [0.2, 0.25) is 5.91 Å². The van der Waals surface area contributed by atoms with Crippen molar-refractivity contribution in [3.8, 4) is 0 Å². The zero-order valence-corrected chi connectivity index (χ0v) is 10.1. The summed E-state index contributed by atoms with van der Waals surface area (Å²) < 4.78 is 0. The number of hydrogen-bond acceptors (Lipinski definition) is 4. The van der Waals surface area contributed by atoms with Crippen LogP contribution < -0.4 is 11.1 Å². The average Bonchev–Trinajstić information content (AvgIpc) is 2.15. The van der Waals surface area contributed by atoms with Crippen LogP contribution in [-0.2, 0) is 4.79 Å². The van der Waals surface area contributed by atoms with Crippen molar-refractivity contribution in [1.82, 2.24) is 0 Å². The van der Waals surface area contributed by atoms with Gasteiger partial charge < -0.3 is 11.1 Å². The predicted molar refractivity (Wildman–Crippen MR) is 65.0 cm³/mol. The van der Waals surface area contributed by atoms with Crippen LogP contribution in [0.4, 0.5) is 11.4 Å². The summed E-state index contributed by atoms with van der Waals surface area (Å²) in [6.45, 7) is 3.06. The molecule has 0 saturated heterocycles. The van der Waals surface area contributed by atoms with E-state index in [1.165, 1.54) is 32.0 Å². The Hall–Kier alpha value is -1.82. The Morgan fingerprint density at radius 2 is 2.12 bits per heavy atom. The molecule has 1 amide bonds. The second-order valence-electron chi connectivity index (χ2n) is 4.03. The van der Waals surface area contributed by atoms with Crippen LogP contribution in [0.25, 0.3) is 0 Å². The number of primary amides is 1. The van der Waals surface area contributed by atoms with Crippen LogP contribution in [0.1, 0.15) is 13.8 Å². The van der Waals surface area contributed by atoms with E-state index in [-0.39, 0.29) is 11.4 Å². The van der Waals surface area contributed by atoms with Gasteiger partial charge in [0.1, 0.15) is 11.2 Å². The number of nitro groups is 1. The van der Waals surface area contributed by atoms with Crippen molar-refractivity contribution in [2.24, 2.45) is 5.73 Å². The van der Waals surface area contributed by atoms with E-state index >= 15 is 0 Å². The number of carbonyl (C=O) groups excluding carboxylic acids is 1. The molecule has 0 radical (unpaired) electrons. The highest BCUT2D eigenvalue weighted by Crippen LogP contribution is 2.29. The minimum Gasteiger partial charge on any atom is -0.368 e. The highest BCUT2D eigenvalue weighted by atomic mass is 35.5. The molecule has 92 valence electrons. The van der Waals surface area contributed by atoms with Crippen molar-refractivity contribution in [2.45, 2.75) is 19.4 Å². The topological polar surface area (TPSA) is 98.3 Å². The fourth-order valence-corrected chi connectivity index (χ4v) is 1.34. The van der Waals surface area contributed by atoms with Crippen molar-refractivity contribution < 1.29 is 9.72 Å². The number of anilines is 1. The number of halogens is 1. The largest absolute Gasteiger partial charge is 0.368 e. The van der Waals surface area contributed by atoms with Crippen molar-refractivity contribution in [3.63, 3.8) is 0 Å². The maximum absolute atomic E-state index is 11.1. The van der Waals surface area contributed by atoms with Gasteiger partial charge >= 0.3 is 0 Å². The Labute approximate surface area is 103 Å². The Morgan fingerprint density at radius 1 is 1.53 bits per heavy atom. The first-order valence-electron chi connectivity index (χ1n) is 4.76. The maximum Gasteiger partial charge on any atom is 0.292 e. The highest BCUT2D eigenvalue weighted by Gasteiger charge is 2.27. The molecule has 0 heterocycles. The van der Waals surface area contributed by atoms with Crippen LogP contribution in [0.5, 0.6) is 0 Å². The van der Waals surface area contributed by atoms with Gasteiger partial charge in [-0.15, -0.1) is 0 Å². The molecule has 1 aromatic carbocycles. The van der Waals surface area contributed by atoms with Crippen molar-refractivity contribution in [3.05, 3.63) is 33.3 Å². The monoisotopic (exact) mass is 257 g/mol. The summed E-state index contributed by atoms with van der Waals surface area (Å²) in [7, 11) is 0. The summed E-state index contributed by atoms with van der Waals surface area (Å²) in [5.41, 5.74) is 4.07. The van der Waals surface area contributed by atoms with E-state index in [0.717, 1.165) is 0 Å². The minimum absolute atomic E-state index is 0.159. The molecule has 0 fully saturated rings. The first kappa shape index (κ1) is 13.2. The van der Waals surface area contributed by atoms with Crippen LogP contribution in [0.2, 0.25) is 5.02 Å². The van der Waals surface area contributed by atoms with Gasteiger partial charge in [-0.1, -0.05) is 11.6 Å². The molecule has 0 bridgehead atoms. The fraction of sp³-hybridized carbons (Fsp3) is 0.300. The second kappa shape index (κ2) is 4.58. The van der Waals surface area contributed by atoms with Gasteiger partial charge in [0.05, 0.1) is 4.92 Å². The molecule has 0 saturated carbocycles. The number of nitro benzene ring substituents is 1. The summed E-state index contributed by atoms with van der Waals surface area (Å²) in [6, 6.07) is 4.05. The molecule has 0 aliphatic carbocycles. The predicted octanol–water partition coefficient (Wildman–Crippen LogP) is 1.92. The summed E-state index contributed by atoms with van der Waals surface area (Å²) >= 11 is 5.75. The van der Waals surface area contributed by atoms with Crippen molar-refractivity contribution in [2.75, 3.05) is 5.32 Å². The standard InChI is InChI=1S/C10H12ClN3O3/c1-10(2,9(12)15)13-7-5-6(11)3-4-8(7)14(16)17/h3-5,13H,1-2H3,(H2,12,15). The normalized spacial score (nSPS) is 11.0. The van der Waals surface area contributed by atoms with Gasteiger partial charge in [-0.2, -0.15) is 0 Å². The number of nitrogens with two attached hydrogens (primary N) is 1. The third-order valence-corrected chi connectivity index (χ3v) is 2.45. The molecule has 1 rings (SSSR count). The zero-order valence-electron chi connectivity index (χ0n) is 9.36. The van der Waals surface area contributed by atoms with E-state index in [0.29, 0.717) is 5.02 Å². The third kappa shape index (κ3) is 3.07. The van der Waals surface area contributed by atoms with Gasteiger partial charge in [0, 0.05) is 11.1 Å². The number of carbonyl (C=O) groups is 1. The second-order valence-corrected chi connectivity index (χ2v) is 4.47. The third-order valence-electron chi connectivity index (χ3n) is 2.22. The molecule has 0 atom stereocenters. The Balaban J connectivity index is 3.17. The molecule has 0 spiro atoms. The number of amides is 1. The molecule has 0 aliphatic heterocycles. The zero-order chi connectivity index (χ0) is 13.2. The van der Waals surface area contributed by atoms with Gasteiger partial charge in [0.15, 0.2) is 0 Å². The van der Waals surface area contributed by atoms with Crippen LogP contribution in [0.15, 0.2) is 18.2 Å². The maximum atomic E-state index is 11.1. The lowest BCUT2D eigenvalue weighted by atomic mass is 10.0. The molecule has 3 N–H and O–H groups in total. The Morgan fingerprint density at radius 3 is 2.59 bits per heavy atom. The Kier molecular flexibility index (Phi) is 3.57. The van der Waals surface area contributed by atoms with Gasteiger partial charge in [0.25, 0.3) is 5.69 Å². The lowest BCUT2D eigenvalue weighted by Crippen LogP contribution is -2.45. The fourth-order valence-electron chi connectivity index (χ4n) is 1.17. The number of nitrogens with one attached hydrogen (secondary N) is 1. The SMILES string of the molecule is CC(C)(Nc1cc(Cl)ccc1[N+](=O)[O-])C(N)=O. The van der Waals surface area contributed by atoms with E-state index in [2.05, 4.69) is 5.32 Å². The molecule has 0 aromatic heterocycles. The summed E-state index contributed by atoms with van der Waals surface area (Å²) in [6.07, 6.45) is 0. The van der Waals surface area contributed by atoms with E-state index in [4.69, 9.17) is 17.3 Å². The van der Waals surface area contributed by atoms with E-state index in [1.54, 1.807) is 0 Å². The molecule has 6 nitrogen and oxygen atoms in total. The van der Waals surface area contributed by atoms with E-state index in [1.807, 2.05) is 0 Å². The number of rotatable bonds is 4. The first-order chi connectivity index (χ1) is 7.74. The van der Waals surface area contributed by atoms with Crippen LogP contribution in [-0.4, -0.2) is 16.4 Å². The van der Waals surface area contributed by atoms with E-state index < -0.39 is 16.4 Å². The minimum atomic E-state index is -1.10. The summed E-state index contributed by atoms with van der Waals surface area (Å²) in [5, 5.41) is 13.8. The van der Waals surface area contributed by atoms with Crippen LogP contribution >= 0.6 is 11.6 Å². The van der Waals surface area contributed by atoms with Crippen molar-refractivity contribution in [1.29, 1.82) is 0 Å². The number of nitrogens with zero attached hydrogens (tertiary/aromatic N) is 1. The molecule has 0 aliphatic rings. The highest BCUT2D eigenvalue weighted by molar-refractivity contribution is 6.31. The molecule has 1 aromatic rings. The Bertz CT molecular complexity index is 474. The van der Waals surface area contributed by atoms with E-state index in [9.17, 15) is 14.9 Å². The quantitative estimate of drug-likeness (QED) is 0.636.